The molecule has 5 heteroatoms. The Labute approximate surface area is 81.7 Å². The summed E-state index contributed by atoms with van der Waals surface area (Å²) in [5, 5.41) is 11.0. The zero-order valence-corrected chi connectivity index (χ0v) is 7.76. The van der Waals surface area contributed by atoms with Gasteiger partial charge in [0.25, 0.3) is 0 Å². The Bertz CT molecular complexity index is 305. The Morgan fingerprint density at radius 2 is 2.50 bits per heavy atom. The molecule has 0 aliphatic heterocycles. The Hall–Kier alpha value is -1.62. The number of nitrogens with one attached hydrogen (secondary N) is 1. The molecule has 0 saturated carbocycles. The molecule has 14 heavy (non-hydrogen) atoms. The van der Waals surface area contributed by atoms with Crippen molar-refractivity contribution in [1.29, 1.82) is 0 Å². The minimum absolute atomic E-state index is 0.783. The first-order chi connectivity index (χ1) is 6.95. The molecular formula is C9H12N4O. The van der Waals surface area contributed by atoms with Crippen molar-refractivity contribution in [1.82, 2.24) is 20.3 Å². The van der Waals surface area contributed by atoms with Crippen LogP contribution in [0.4, 0.5) is 0 Å². The van der Waals surface area contributed by atoms with Gasteiger partial charge in [-0.2, -0.15) is 5.10 Å². The highest BCUT2D eigenvalue weighted by molar-refractivity contribution is 4.98. The monoisotopic (exact) mass is 192 g/mol. The third-order valence-electron chi connectivity index (χ3n) is 1.89. The van der Waals surface area contributed by atoms with Crippen molar-refractivity contribution in [2.24, 2.45) is 0 Å². The molecule has 2 rings (SSSR count). The van der Waals surface area contributed by atoms with E-state index >= 15 is 0 Å². The summed E-state index contributed by atoms with van der Waals surface area (Å²) >= 11 is 0. The van der Waals surface area contributed by atoms with E-state index < -0.39 is 0 Å². The summed E-state index contributed by atoms with van der Waals surface area (Å²) in [5.74, 6) is 0. The topological polar surface area (TPSA) is 55.9 Å². The number of rotatable bonds is 5. The predicted octanol–water partition coefficient (Wildman–Crippen LogP) is 0.661. The SMILES string of the molecule is c1cnn(CCNCc2cnoc2)c1. The highest BCUT2D eigenvalue weighted by atomic mass is 16.5. The molecule has 2 heterocycles. The van der Waals surface area contributed by atoms with E-state index in [1.807, 2.05) is 16.9 Å². The maximum absolute atomic E-state index is 4.71. The van der Waals surface area contributed by atoms with Crippen molar-refractivity contribution in [3.63, 3.8) is 0 Å². The van der Waals surface area contributed by atoms with E-state index in [1.54, 1.807) is 18.7 Å². The molecule has 0 aliphatic rings. The minimum Gasteiger partial charge on any atom is -0.364 e. The Balaban J connectivity index is 1.65. The van der Waals surface area contributed by atoms with Gasteiger partial charge in [0.15, 0.2) is 0 Å². The van der Waals surface area contributed by atoms with Gasteiger partial charge in [-0.25, -0.2) is 0 Å². The highest BCUT2D eigenvalue weighted by Gasteiger charge is 1.94. The number of hydrogen-bond donors (Lipinski definition) is 1. The van der Waals surface area contributed by atoms with E-state index in [0.29, 0.717) is 0 Å². The number of nitrogens with zero attached hydrogens (tertiary/aromatic N) is 3. The molecule has 0 aliphatic carbocycles. The van der Waals surface area contributed by atoms with E-state index in [1.165, 1.54) is 0 Å². The molecule has 2 aromatic heterocycles. The molecule has 0 amide bonds. The van der Waals surface area contributed by atoms with Crippen LogP contribution in [0.25, 0.3) is 0 Å². The summed E-state index contributed by atoms with van der Waals surface area (Å²) in [6.45, 7) is 2.54. The molecule has 0 radical (unpaired) electrons. The second-order valence-electron chi connectivity index (χ2n) is 2.98. The molecule has 74 valence electrons. The second-order valence-corrected chi connectivity index (χ2v) is 2.98. The van der Waals surface area contributed by atoms with Crippen LogP contribution in [0.1, 0.15) is 5.56 Å². The highest BCUT2D eigenvalue weighted by Crippen LogP contribution is 1.94. The fourth-order valence-electron chi connectivity index (χ4n) is 1.17. The van der Waals surface area contributed by atoms with E-state index in [9.17, 15) is 0 Å². The van der Waals surface area contributed by atoms with Gasteiger partial charge in [0.2, 0.25) is 0 Å². The van der Waals surface area contributed by atoms with Crippen molar-refractivity contribution in [2.75, 3.05) is 6.54 Å². The van der Waals surface area contributed by atoms with E-state index in [4.69, 9.17) is 4.52 Å². The first-order valence-corrected chi connectivity index (χ1v) is 4.51. The lowest BCUT2D eigenvalue weighted by Gasteiger charge is -2.02. The van der Waals surface area contributed by atoms with Gasteiger partial charge >= 0.3 is 0 Å². The summed E-state index contributed by atoms with van der Waals surface area (Å²) in [5.41, 5.74) is 1.06. The Morgan fingerprint density at radius 1 is 1.50 bits per heavy atom. The van der Waals surface area contributed by atoms with E-state index in [2.05, 4.69) is 15.6 Å². The minimum atomic E-state index is 0.783. The van der Waals surface area contributed by atoms with Crippen LogP contribution in [-0.2, 0) is 13.1 Å². The van der Waals surface area contributed by atoms with Gasteiger partial charge in [-0.15, -0.1) is 0 Å². The van der Waals surface area contributed by atoms with Crippen molar-refractivity contribution >= 4 is 0 Å². The molecule has 0 atom stereocenters. The van der Waals surface area contributed by atoms with E-state index in [0.717, 1.165) is 25.2 Å². The van der Waals surface area contributed by atoms with E-state index in [-0.39, 0.29) is 0 Å². The van der Waals surface area contributed by atoms with Crippen LogP contribution >= 0.6 is 0 Å². The summed E-state index contributed by atoms with van der Waals surface area (Å²) in [6, 6.07) is 1.92. The van der Waals surface area contributed by atoms with Gasteiger partial charge in [0, 0.05) is 31.0 Å². The van der Waals surface area contributed by atoms with Gasteiger partial charge < -0.3 is 9.84 Å². The molecule has 0 bridgehead atoms. The largest absolute Gasteiger partial charge is 0.364 e. The lowest BCUT2D eigenvalue weighted by Crippen LogP contribution is -2.19. The van der Waals surface area contributed by atoms with Crippen molar-refractivity contribution in [3.8, 4) is 0 Å². The van der Waals surface area contributed by atoms with Gasteiger partial charge in [0.1, 0.15) is 6.26 Å². The first-order valence-electron chi connectivity index (χ1n) is 4.51. The Kier molecular flexibility index (Phi) is 2.92. The van der Waals surface area contributed by atoms with Crippen LogP contribution in [0.2, 0.25) is 0 Å². The standard InChI is InChI=1S/C9H12N4O/c1-2-11-13(4-1)5-3-10-6-9-7-12-14-8-9/h1-2,4,7-8,10H,3,5-6H2. The van der Waals surface area contributed by atoms with Crippen molar-refractivity contribution in [3.05, 3.63) is 36.5 Å². The first kappa shape index (κ1) is 8.96. The summed E-state index contributed by atoms with van der Waals surface area (Å²) in [7, 11) is 0. The van der Waals surface area contributed by atoms with Crippen LogP contribution < -0.4 is 5.32 Å². The van der Waals surface area contributed by atoms with Gasteiger partial charge in [-0.05, 0) is 6.07 Å². The van der Waals surface area contributed by atoms with Crippen LogP contribution in [0.15, 0.2) is 35.4 Å². The molecule has 0 saturated heterocycles. The number of hydrogen-bond acceptors (Lipinski definition) is 4. The lowest BCUT2D eigenvalue weighted by atomic mass is 10.4. The average molecular weight is 192 g/mol. The molecule has 2 aromatic rings. The fraction of sp³-hybridized carbons (Fsp3) is 0.333. The van der Waals surface area contributed by atoms with Gasteiger partial charge in [-0.3, -0.25) is 4.68 Å². The maximum atomic E-state index is 4.71. The third kappa shape index (κ3) is 2.43. The number of aromatic nitrogens is 3. The van der Waals surface area contributed by atoms with Crippen LogP contribution in [0.3, 0.4) is 0 Å². The molecule has 0 fully saturated rings. The quantitative estimate of drug-likeness (QED) is 0.707. The second kappa shape index (κ2) is 4.57. The zero-order valence-electron chi connectivity index (χ0n) is 7.76. The van der Waals surface area contributed by atoms with Crippen LogP contribution in [0, 0.1) is 0 Å². The van der Waals surface area contributed by atoms with Crippen LogP contribution in [0.5, 0.6) is 0 Å². The molecule has 1 N–H and O–H groups in total. The fourth-order valence-corrected chi connectivity index (χ4v) is 1.17. The summed E-state index contributed by atoms with van der Waals surface area (Å²) < 4.78 is 6.60. The van der Waals surface area contributed by atoms with Crippen LogP contribution in [-0.4, -0.2) is 21.5 Å². The molecule has 0 unspecified atom stereocenters. The maximum Gasteiger partial charge on any atom is 0.128 e. The lowest BCUT2D eigenvalue weighted by molar-refractivity contribution is 0.418. The molecule has 5 nitrogen and oxygen atoms in total. The third-order valence-corrected chi connectivity index (χ3v) is 1.89. The smallest absolute Gasteiger partial charge is 0.128 e. The Morgan fingerprint density at radius 3 is 3.21 bits per heavy atom. The summed E-state index contributed by atoms with van der Waals surface area (Å²) in [4.78, 5) is 0. The van der Waals surface area contributed by atoms with Gasteiger partial charge in [-0.1, -0.05) is 5.16 Å². The predicted molar refractivity (Wildman–Crippen MR) is 50.4 cm³/mol. The van der Waals surface area contributed by atoms with Gasteiger partial charge in [0.05, 0.1) is 12.7 Å². The van der Waals surface area contributed by atoms with Crippen molar-refractivity contribution < 1.29 is 4.52 Å². The molecule has 0 aromatic carbocycles. The average Bonchev–Trinajstić information content (AvgIpc) is 2.86. The zero-order chi connectivity index (χ0) is 9.64. The molecule has 0 spiro atoms. The molecular weight excluding hydrogens is 180 g/mol. The van der Waals surface area contributed by atoms with Crippen molar-refractivity contribution in [2.45, 2.75) is 13.1 Å². The normalized spacial score (nSPS) is 10.6. The summed E-state index contributed by atoms with van der Waals surface area (Å²) in [6.07, 6.45) is 7.07.